The number of anilines is 1. The van der Waals surface area contributed by atoms with E-state index in [4.69, 9.17) is 17.0 Å². The lowest BCUT2D eigenvalue weighted by molar-refractivity contribution is -0.122. The zero-order chi connectivity index (χ0) is 28.1. The number of hydrogen-bond donors (Lipinski definition) is 1. The number of hydrogen-bond acceptors (Lipinski definition) is 8. The standard InChI is InChI=1S/C29H24N4O4S3/c1-37-21-13-11-20(12-14-21)30-25(34)18-39-28-31-22-9-5-6-10-23(22)33(28)26(35)15-16-32-27(36)24(40-29(32)38)17-19-7-3-2-4-8-19/h2-14,17H,15-16,18H2,1H3,(H,30,34). The zero-order valence-electron chi connectivity index (χ0n) is 21.4. The average Bonchev–Trinajstić information content (AvgIpc) is 3.47. The predicted molar refractivity (Wildman–Crippen MR) is 164 cm³/mol. The number of methoxy groups -OCH3 is 1. The molecule has 0 atom stereocenters. The van der Waals surface area contributed by atoms with Gasteiger partial charge in [0, 0.05) is 18.7 Å². The van der Waals surface area contributed by atoms with Crippen LogP contribution in [0.2, 0.25) is 0 Å². The zero-order valence-corrected chi connectivity index (χ0v) is 23.9. The fraction of sp³-hybridized carbons (Fsp3) is 0.138. The van der Waals surface area contributed by atoms with Crippen molar-refractivity contribution in [3.63, 3.8) is 0 Å². The van der Waals surface area contributed by atoms with Crippen LogP contribution in [0.1, 0.15) is 16.8 Å². The highest BCUT2D eigenvalue weighted by Crippen LogP contribution is 2.33. The normalized spacial score (nSPS) is 14.2. The van der Waals surface area contributed by atoms with Gasteiger partial charge in [0.15, 0.2) is 5.16 Å². The van der Waals surface area contributed by atoms with E-state index in [0.29, 0.717) is 36.9 Å². The first-order chi connectivity index (χ1) is 19.4. The van der Waals surface area contributed by atoms with Crippen LogP contribution >= 0.6 is 35.7 Å². The maximum absolute atomic E-state index is 13.5. The molecule has 2 amide bonds. The van der Waals surface area contributed by atoms with Gasteiger partial charge in [0.25, 0.3) is 5.91 Å². The first-order valence-electron chi connectivity index (χ1n) is 12.3. The van der Waals surface area contributed by atoms with Gasteiger partial charge in [-0.05, 0) is 48.0 Å². The highest BCUT2D eigenvalue weighted by molar-refractivity contribution is 8.26. The lowest BCUT2D eigenvalue weighted by atomic mass is 10.2. The average molecular weight is 589 g/mol. The minimum absolute atomic E-state index is 0.0387. The Kier molecular flexibility index (Phi) is 8.63. The van der Waals surface area contributed by atoms with Gasteiger partial charge in [0.1, 0.15) is 10.1 Å². The van der Waals surface area contributed by atoms with E-state index < -0.39 is 0 Å². The van der Waals surface area contributed by atoms with Crippen molar-refractivity contribution >= 4 is 80.6 Å². The number of aromatic nitrogens is 2. The lowest BCUT2D eigenvalue weighted by Gasteiger charge is -2.15. The molecule has 0 spiro atoms. The number of fused-ring (bicyclic) bond motifs is 1. The van der Waals surface area contributed by atoms with Crippen molar-refractivity contribution in [1.29, 1.82) is 0 Å². The Morgan fingerprint density at radius 1 is 1.05 bits per heavy atom. The number of nitrogens with zero attached hydrogens (tertiary/aromatic N) is 3. The molecule has 2 heterocycles. The van der Waals surface area contributed by atoms with Gasteiger partial charge in [-0.1, -0.05) is 78.2 Å². The minimum Gasteiger partial charge on any atom is -0.497 e. The minimum atomic E-state index is -0.243. The molecule has 11 heteroatoms. The first kappa shape index (κ1) is 27.6. The number of thioether (sulfide) groups is 2. The predicted octanol–water partition coefficient (Wildman–Crippen LogP) is 5.71. The summed E-state index contributed by atoms with van der Waals surface area (Å²) in [6.07, 6.45) is 1.84. The van der Waals surface area contributed by atoms with Crippen molar-refractivity contribution in [2.24, 2.45) is 0 Å². The van der Waals surface area contributed by atoms with Crippen LogP contribution in [0.15, 0.2) is 88.9 Å². The number of para-hydroxylation sites is 2. The summed E-state index contributed by atoms with van der Waals surface area (Å²) >= 11 is 7.84. The number of amides is 2. The van der Waals surface area contributed by atoms with Crippen LogP contribution < -0.4 is 10.1 Å². The van der Waals surface area contributed by atoms with Crippen LogP contribution in [-0.4, -0.2) is 55.9 Å². The molecule has 1 aliphatic rings. The number of benzene rings is 3. The second-order valence-corrected chi connectivity index (χ2v) is 11.3. The van der Waals surface area contributed by atoms with Gasteiger partial charge in [-0.25, -0.2) is 4.98 Å². The maximum Gasteiger partial charge on any atom is 0.266 e. The molecule has 0 bridgehead atoms. The molecule has 3 aromatic carbocycles. The number of imidazole rings is 1. The van der Waals surface area contributed by atoms with Crippen LogP contribution in [0.5, 0.6) is 5.75 Å². The third-order valence-corrected chi connectivity index (χ3v) is 8.32. The second kappa shape index (κ2) is 12.5. The van der Waals surface area contributed by atoms with Gasteiger partial charge in [-0.3, -0.25) is 23.9 Å². The molecule has 0 aliphatic carbocycles. The number of thiocarbonyl (C=S) groups is 1. The largest absolute Gasteiger partial charge is 0.497 e. The molecule has 4 aromatic rings. The van der Waals surface area contributed by atoms with E-state index in [2.05, 4.69) is 10.3 Å². The van der Waals surface area contributed by atoms with Crippen LogP contribution in [-0.2, 0) is 9.59 Å². The van der Waals surface area contributed by atoms with Crippen LogP contribution in [0.3, 0.4) is 0 Å². The number of nitrogens with one attached hydrogen (secondary N) is 1. The van der Waals surface area contributed by atoms with E-state index in [1.165, 1.54) is 33.0 Å². The fourth-order valence-corrected chi connectivity index (χ4v) is 6.19. The van der Waals surface area contributed by atoms with E-state index in [1.54, 1.807) is 37.5 Å². The summed E-state index contributed by atoms with van der Waals surface area (Å²) < 4.78 is 7.07. The highest BCUT2D eigenvalue weighted by atomic mass is 32.2. The van der Waals surface area contributed by atoms with Crippen molar-refractivity contribution < 1.29 is 19.1 Å². The highest BCUT2D eigenvalue weighted by Gasteiger charge is 2.32. The van der Waals surface area contributed by atoms with E-state index in [9.17, 15) is 14.4 Å². The molecule has 0 unspecified atom stereocenters. The Morgan fingerprint density at radius 2 is 1.77 bits per heavy atom. The third-order valence-electron chi connectivity index (χ3n) is 6.01. The summed E-state index contributed by atoms with van der Waals surface area (Å²) in [5, 5.41) is 3.24. The Hall–Kier alpha value is -3.93. The number of carbonyl (C=O) groups excluding carboxylic acids is 3. The second-order valence-electron chi connectivity index (χ2n) is 8.67. The summed E-state index contributed by atoms with van der Waals surface area (Å²) in [5.74, 6) is 0.0588. The molecule has 1 N–H and O–H groups in total. The summed E-state index contributed by atoms with van der Waals surface area (Å²) in [7, 11) is 1.58. The Morgan fingerprint density at radius 3 is 2.52 bits per heavy atom. The summed E-state index contributed by atoms with van der Waals surface area (Å²) in [6, 6.07) is 23.9. The molecule has 1 aromatic heterocycles. The van der Waals surface area contributed by atoms with E-state index in [1.807, 2.05) is 54.6 Å². The third kappa shape index (κ3) is 6.27. The Balaban J connectivity index is 1.27. The molecule has 1 fully saturated rings. The molecule has 5 rings (SSSR count). The molecule has 0 saturated carbocycles. The summed E-state index contributed by atoms with van der Waals surface area (Å²) in [4.78, 5) is 45.7. The van der Waals surface area contributed by atoms with Crippen molar-refractivity contribution in [3.8, 4) is 5.75 Å². The number of carbonyl (C=O) groups is 3. The van der Waals surface area contributed by atoms with Gasteiger partial charge in [0.2, 0.25) is 11.8 Å². The maximum atomic E-state index is 13.5. The van der Waals surface area contributed by atoms with Crippen molar-refractivity contribution in [3.05, 3.63) is 89.3 Å². The summed E-state index contributed by atoms with van der Waals surface area (Å²) in [6.45, 7) is 0.143. The SMILES string of the molecule is COc1ccc(NC(=O)CSc2nc3ccccc3n2C(=O)CCN2C(=O)C(=Cc3ccccc3)SC2=S)cc1. The van der Waals surface area contributed by atoms with Crippen LogP contribution in [0, 0.1) is 0 Å². The first-order valence-corrected chi connectivity index (χ1v) is 14.5. The topological polar surface area (TPSA) is 93.5 Å². The van der Waals surface area contributed by atoms with Crippen LogP contribution in [0.25, 0.3) is 17.1 Å². The Labute approximate surface area is 244 Å². The number of ether oxygens (including phenoxy) is 1. The van der Waals surface area contributed by atoms with Gasteiger partial charge >= 0.3 is 0 Å². The molecule has 40 heavy (non-hydrogen) atoms. The fourth-order valence-electron chi connectivity index (χ4n) is 4.06. The molecule has 202 valence electrons. The van der Waals surface area contributed by atoms with Crippen molar-refractivity contribution in [2.45, 2.75) is 11.6 Å². The van der Waals surface area contributed by atoms with Gasteiger partial charge in [-0.2, -0.15) is 0 Å². The van der Waals surface area contributed by atoms with E-state index in [-0.39, 0.29) is 36.4 Å². The summed E-state index contributed by atoms with van der Waals surface area (Å²) in [5.41, 5.74) is 2.83. The Bertz CT molecular complexity index is 1620. The quantitative estimate of drug-likeness (QED) is 0.151. The molecular formula is C29H24N4O4S3. The smallest absolute Gasteiger partial charge is 0.266 e. The monoisotopic (exact) mass is 588 g/mol. The molecule has 1 aliphatic heterocycles. The number of rotatable bonds is 9. The molecular weight excluding hydrogens is 565 g/mol. The van der Waals surface area contributed by atoms with Crippen molar-refractivity contribution in [2.75, 3.05) is 24.7 Å². The van der Waals surface area contributed by atoms with E-state index in [0.717, 1.165) is 5.56 Å². The van der Waals surface area contributed by atoms with Crippen LogP contribution in [0.4, 0.5) is 5.69 Å². The molecule has 8 nitrogen and oxygen atoms in total. The molecule has 0 radical (unpaired) electrons. The van der Waals surface area contributed by atoms with Gasteiger partial charge in [0.05, 0.1) is 28.8 Å². The van der Waals surface area contributed by atoms with Crippen molar-refractivity contribution in [1.82, 2.24) is 14.5 Å². The van der Waals surface area contributed by atoms with Gasteiger partial charge in [-0.15, -0.1) is 0 Å². The molecule has 1 saturated heterocycles. The lowest BCUT2D eigenvalue weighted by Crippen LogP contribution is -2.31. The van der Waals surface area contributed by atoms with E-state index >= 15 is 0 Å². The van der Waals surface area contributed by atoms with Gasteiger partial charge < -0.3 is 10.1 Å².